The number of hydrogen-bond donors (Lipinski definition) is 3. The summed E-state index contributed by atoms with van der Waals surface area (Å²) in [5.74, 6) is 0. The summed E-state index contributed by atoms with van der Waals surface area (Å²) in [4.78, 5) is 21.7. The quantitative estimate of drug-likeness (QED) is 0.561. The Morgan fingerprint density at radius 3 is 2.35 bits per heavy atom. The van der Waals surface area contributed by atoms with Crippen molar-refractivity contribution >= 4 is 11.7 Å². The third-order valence-electron chi connectivity index (χ3n) is 3.24. The Balaban J connectivity index is 1.78. The van der Waals surface area contributed by atoms with E-state index in [1.54, 1.807) is 0 Å². The number of nitrogens with zero attached hydrogens (tertiary/aromatic N) is 1. The topological polar surface area (TPSA) is 104 Å². The second kappa shape index (κ2) is 7.90. The van der Waals surface area contributed by atoms with Crippen molar-refractivity contribution < 1.29 is 14.8 Å². The monoisotopic (exact) mass is 315 g/mol. The first-order chi connectivity index (χ1) is 11.1. The fourth-order valence-electron chi connectivity index (χ4n) is 1.97. The van der Waals surface area contributed by atoms with Crippen LogP contribution in [0.2, 0.25) is 0 Å². The van der Waals surface area contributed by atoms with E-state index in [1.807, 2.05) is 30.3 Å². The molecule has 0 aliphatic rings. The molecule has 2 aromatic carbocycles. The van der Waals surface area contributed by atoms with Crippen molar-refractivity contribution in [3.05, 3.63) is 75.8 Å². The van der Waals surface area contributed by atoms with E-state index >= 15 is 0 Å². The average Bonchev–Trinajstić information content (AvgIpc) is 2.58. The lowest BCUT2D eigenvalue weighted by Crippen LogP contribution is -2.37. The minimum atomic E-state index is -0.932. The van der Waals surface area contributed by atoms with Gasteiger partial charge in [0.1, 0.15) is 0 Å². The first kappa shape index (κ1) is 16.4. The van der Waals surface area contributed by atoms with Crippen molar-refractivity contribution in [1.82, 2.24) is 10.6 Å². The molecule has 0 spiro atoms. The van der Waals surface area contributed by atoms with Gasteiger partial charge in [0.2, 0.25) is 0 Å². The molecule has 0 radical (unpaired) electrons. The minimum Gasteiger partial charge on any atom is -0.387 e. The fourth-order valence-corrected chi connectivity index (χ4v) is 1.97. The molecule has 0 aliphatic heterocycles. The minimum absolute atomic E-state index is 0.0123. The second-order valence-electron chi connectivity index (χ2n) is 4.91. The number of benzene rings is 2. The summed E-state index contributed by atoms with van der Waals surface area (Å²) in [6, 6.07) is 14.6. The van der Waals surface area contributed by atoms with E-state index in [0.717, 1.165) is 5.56 Å². The summed E-state index contributed by atoms with van der Waals surface area (Å²) in [6.07, 6.45) is -0.932. The van der Waals surface area contributed by atoms with E-state index in [0.29, 0.717) is 12.1 Å². The zero-order valence-electron chi connectivity index (χ0n) is 12.3. The molecule has 2 aromatic rings. The van der Waals surface area contributed by atoms with Crippen LogP contribution in [0, 0.1) is 10.1 Å². The molecule has 0 saturated heterocycles. The second-order valence-corrected chi connectivity index (χ2v) is 4.91. The van der Waals surface area contributed by atoms with Crippen LogP contribution in [-0.2, 0) is 6.54 Å². The summed E-state index contributed by atoms with van der Waals surface area (Å²) < 4.78 is 0. The van der Waals surface area contributed by atoms with Crippen LogP contribution < -0.4 is 10.6 Å². The Morgan fingerprint density at radius 2 is 1.74 bits per heavy atom. The molecule has 0 fully saturated rings. The fraction of sp³-hybridized carbons (Fsp3) is 0.188. The van der Waals surface area contributed by atoms with E-state index < -0.39 is 17.1 Å². The third-order valence-corrected chi connectivity index (χ3v) is 3.24. The summed E-state index contributed by atoms with van der Waals surface area (Å²) in [6.45, 7) is 0.402. The molecule has 7 heteroatoms. The van der Waals surface area contributed by atoms with Gasteiger partial charge < -0.3 is 15.7 Å². The van der Waals surface area contributed by atoms with Crippen LogP contribution in [0.1, 0.15) is 17.2 Å². The maximum absolute atomic E-state index is 11.7. The number of carbonyl (C=O) groups is 1. The number of urea groups is 1. The zero-order valence-corrected chi connectivity index (χ0v) is 12.3. The van der Waals surface area contributed by atoms with Crippen molar-refractivity contribution in [3.8, 4) is 0 Å². The summed E-state index contributed by atoms with van der Waals surface area (Å²) in [5.41, 5.74) is 1.42. The summed E-state index contributed by atoms with van der Waals surface area (Å²) in [5, 5.41) is 25.8. The highest BCUT2D eigenvalue weighted by Crippen LogP contribution is 2.17. The maximum atomic E-state index is 11.7. The van der Waals surface area contributed by atoms with Gasteiger partial charge in [0.25, 0.3) is 5.69 Å². The van der Waals surface area contributed by atoms with Crippen molar-refractivity contribution in [1.29, 1.82) is 0 Å². The molecule has 0 aliphatic carbocycles. The summed E-state index contributed by atoms with van der Waals surface area (Å²) in [7, 11) is 0. The first-order valence-corrected chi connectivity index (χ1v) is 7.04. The van der Waals surface area contributed by atoms with Gasteiger partial charge in [0.05, 0.1) is 11.0 Å². The van der Waals surface area contributed by atoms with Crippen LogP contribution >= 0.6 is 0 Å². The molecule has 0 saturated carbocycles. The van der Waals surface area contributed by atoms with Crippen molar-refractivity contribution in [2.75, 3.05) is 6.54 Å². The predicted octanol–water partition coefficient (Wildman–Crippen LogP) is 2.13. The Kier molecular flexibility index (Phi) is 5.65. The molecule has 0 heterocycles. The van der Waals surface area contributed by atoms with E-state index in [2.05, 4.69) is 10.6 Å². The van der Waals surface area contributed by atoms with E-state index in [4.69, 9.17) is 0 Å². The molecule has 23 heavy (non-hydrogen) atoms. The molecule has 2 amide bonds. The van der Waals surface area contributed by atoms with Gasteiger partial charge in [0.15, 0.2) is 0 Å². The molecule has 120 valence electrons. The Hall–Kier alpha value is -2.93. The van der Waals surface area contributed by atoms with E-state index in [-0.39, 0.29) is 12.2 Å². The third kappa shape index (κ3) is 5.08. The number of nitrogens with one attached hydrogen (secondary N) is 2. The number of nitro benzene ring substituents is 1. The number of carbonyl (C=O) groups excluding carboxylic acids is 1. The van der Waals surface area contributed by atoms with Crippen molar-refractivity contribution in [2.24, 2.45) is 0 Å². The van der Waals surface area contributed by atoms with Gasteiger partial charge in [-0.3, -0.25) is 10.1 Å². The van der Waals surface area contributed by atoms with Crippen LogP contribution in [0.5, 0.6) is 0 Å². The van der Waals surface area contributed by atoms with E-state index in [1.165, 1.54) is 24.3 Å². The van der Waals surface area contributed by atoms with Gasteiger partial charge in [-0.25, -0.2) is 4.79 Å². The molecule has 7 nitrogen and oxygen atoms in total. The molecule has 2 rings (SSSR count). The van der Waals surface area contributed by atoms with Crippen LogP contribution in [0.15, 0.2) is 54.6 Å². The van der Waals surface area contributed by atoms with Gasteiger partial charge in [-0.05, 0) is 23.3 Å². The summed E-state index contributed by atoms with van der Waals surface area (Å²) >= 11 is 0. The number of aliphatic hydroxyl groups excluding tert-OH is 1. The number of non-ortho nitro benzene ring substituents is 1. The average molecular weight is 315 g/mol. The first-order valence-electron chi connectivity index (χ1n) is 7.04. The van der Waals surface area contributed by atoms with Gasteiger partial charge in [-0.1, -0.05) is 30.3 Å². The highest BCUT2D eigenvalue weighted by Gasteiger charge is 2.11. The Bertz CT molecular complexity index is 659. The highest BCUT2D eigenvalue weighted by atomic mass is 16.6. The van der Waals surface area contributed by atoms with Crippen LogP contribution in [0.4, 0.5) is 10.5 Å². The van der Waals surface area contributed by atoms with Crippen molar-refractivity contribution in [3.63, 3.8) is 0 Å². The number of aliphatic hydroxyl groups is 1. The van der Waals surface area contributed by atoms with E-state index in [9.17, 15) is 20.0 Å². The number of amides is 2. The largest absolute Gasteiger partial charge is 0.387 e. The van der Waals surface area contributed by atoms with Crippen LogP contribution in [0.25, 0.3) is 0 Å². The molecule has 1 atom stereocenters. The molecule has 3 N–H and O–H groups in total. The smallest absolute Gasteiger partial charge is 0.315 e. The zero-order chi connectivity index (χ0) is 16.7. The Morgan fingerprint density at radius 1 is 1.09 bits per heavy atom. The Labute approximate surface area is 133 Å². The molecule has 0 aromatic heterocycles. The molecular weight excluding hydrogens is 298 g/mol. The normalized spacial score (nSPS) is 11.5. The number of rotatable bonds is 6. The lowest BCUT2D eigenvalue weighted by atomic mass is 10.1. The standard InChI is InChI=1S/C16H17N3O4/c20-15(13-6-8-14(9-7-13)19(22)23)11-18-16(21)17-10-12-4-2-1-3-5-12/h1-9,15,20H,10-11H2,(H2,17,18,21)/t15-/m0/s1. The van der Waals surface area contributed by atoms with Gasteiger partial charge >= 0.3 is 6.03 Å². The van der Waals surface area contributed by atoms with Gasteiger partial charge in [0, 0.05) is 25.2 Å². The maximum Gasteiger partial charge on any atom is 0.315 e. The molecular formula is C16H17N3O4. The number of hydrogen-bond acceptors (Lipinski definition) is 4. The highest BCUT2D eigenvalue weighted by molar-refractivity contribution is 5.73. The lowest BCUT2D eigenvalue weighted by molar-refractivity contribution is -0.384. The molecule has 0 bridgehead atoms. The van der Waals surface area contributed by atoms with Crippen LogP contribution in [0.3, 0.4) is 0 Å². The van der Waals surface area contributed by atoms with Crippen molar-refractivity contribution in [2.45, 2.75) is 12.6 Å². The predicted molar refractivity (Wildman–Crippen MR) is 84.7 cm³/mol. The lowest BCUT2D eigenvalue weighted by Gasteiger charge is -2.13. The number of nitro groups is 1. The van der Waals surface area contributed by atoms with Gasteiger partial charge in [-0.15, -0.1) is 0 Å². The molecule has 0 unspecified atom stereocenters. The SMILES string of the molecule is O=C(NCc1ccccc1)NC[C@H](O)c1ccc([N+](=O)[O-])cc1. The van der Waals surface area contributed by atoms with Gasteiger partial charge in [-0.2, -0.15) is 0 Å². The van der Waals surface area contributed by atoms with Crippen LogP contribution in [-0.4, -0.2) is 22.6 Å².